The summed E-state index contributed by atoms with van der Waals surface area (Å²) in [5, 5.41) is 0.949. The number of aryl methyl sites for hydroxylation is 1. The molecule has 2 N–H and O–H groups in total. The molecule has 24 heavy (non-hydrogen) atoms. The second-order valence-corrected chi connectivity index (χ2v) is 7.24. The van der Waals surface area contributed by atoms with E-state index in [1.54, 1.807) is 6.07 Å². The molecule has 3 aromatic rings. The van der Waals surface area contributed by atoms with Crippen LogP contribution >= 0.6 is 0 Å². The number of Topliss-reactive ketones (excluding diaryl/α,β-unsaturated/α-hetero) is 1. The summed E-state index contributed by atoms with van der Waals surface area (Å²) in [5.74, 6) is 0.494. The molecule has 0 atom stereocenters. The van der Waals surface area contributed by atoms with Crippen LogP contribution in [0.1, 0.15) is 36.7 Å². The number of rotatable bonds is 2. The van der Waals surface area contributed by atoms with Crippen LogP contribution in [-0.4, -0.2) is 10.8 Å². The summed E-state index contributed by atoms with van der Waals surface area (Å²) >= 11 is 0. The van der Waals surface area contributed by atoms with E-state index in [0.717, 1.165) is 16.5 Å². The van der Waals surface area contributed by atoms with Crippen molar-refractivity contribution < 1.29 is 4.79 Å². The van der Waals surface area contributed by atoms with Gasteiger partial charge in [0.1, 0.15) is 5.82 Å². The Morgan fingerprint density at radius 1 is 1.04 bits per heavy atom. The first-order chi connectivity index (χ1) is 11.3. The SMILES string of the molecule is Cc1cccc(-c2ccc(C(=O)C(C)(C)C)c3nc(N)ccc23)c1. The van der Waals surface area contributed by atoms with Crippen LogP contribution < -0.4 is 5.73 Å². The summed E-state index contributed by atoms with van der Waals surface area (Å²) in [4.78, 5) is 17.3. The summed E-state index contributed by atoms with van der Waals surface area (Å²) in [5.41, 5.74) is 10.1. The molecule has 3 rings (SSSR count). The van der Waals surface area contributed by atoms with E-state index >= 15 is 0 Å². The smallest absolute Gasteiger partial charge is 0.170 e. The number of hydrogen-bond donors (Lipinski definition) is 1. The maximum atomic E-state index is 12.8. The molecule has 0 fully saturated rings. The van der Waals surface area contributed by atoms with Gasteiger partial charge in [0.2, 0.25) is 0 Å². The highest BCUT2D eigenvalue weighted by molar-refractivity contribution is 6.12. The van der Waals surface area contributed by atoms with E-state index in [1.165, 1.54) is 5.56 Å². The molecule has 0 aliphatic rings. The van der Waals surface area contributed by atoms with Gasteiger partial charge in [0.25, 0.3) is 0 Å². The van der Waals surface area contributed by atoms with Crippen molar-refractivity contribution in [2.24, 2.45) is 5.41 Å². The number of ketones is 1. The van der Waals surface area contributed by atoms with E-state index in [4.69, 9.17) is 5.73 Å². The lowest BCUT2D eigenvalue weighted by molar-refractivity contribution is 0.0860. The van der Waals surface area contributed by atoms with Crippen LogP contribution in [0.4, 0.5) is 5.82 Å². The zero-order chi connectivity index (χ0) is 17.5. The van der Waals surface area contributed by atoms with E-state index in [2.05, 4.69) is 30.1 Å². The number of nitrogens with two attached hydrogens (primary N) is 1. The molecule has 0 bridgehead atoms. The third kappa shape index (κ3) is 2.90. The van der Waals surface area contributed by atoms with Gasteiger partial charge in [-0.2, -0.15) is 0 Å². The number of anilines is 1. The predicted molar refractivity (Wildman–Crippen MR) is 100 cm³/mol. The predicted octanol–water partition coefficient (Wildman–Crippen LogP) is 5.02. The first-order valence-corrected chi connectivity index (χ1v) is 8.08. The average molecular weight is 318 g/mol. The Kier molecular flexibility index (Phi) is 3.88. The number of aromatic nitrogens is 1. The topological polar surface area (TPSA) is 56.0 Å². The molecular formula is C21H22N2O. The van der Waals surface area contributed by atoms with Crippen molar-refractivity contribution in [3.05, 3.63) is 59.7 Å². The number of nitrogens with zero attached hydrogens (tertiary/aromatic N) is 1. The van der Waals surface area contributed by atoms with Crippen molar-refractivity contribution in [3.63, 3.8) is 0 Å². The molecule has 0 aliphatic carbocycles. The maximum absolute atomic E-state index is 12.8. The highest BCUT2D eigenvalue weighted by Gasteiger charge is 2.25. The first-order valence-electron chi connectivity index (χ1n) is 8.08. The van der Waals surface area contributed by atoms with Gasteiger partial charge in [0.15, 0.2) is 5.78 Å². The zero-order valence-electron chi connectivity index (χ0n) is 14.6. The van der Waals surface area contributed by atoms with Gasteiger partial charge in [-0.1, -0.05) is 56.7 Å². The Morgan fingerprint density at radius 3 is 2.46 bits per heavy atom. The molecule has 0 saturated heterocycles. The van der Waals surface area contributed by atoms with Crippen LogP contribution in [0.15, 0.2) is 48.5 Å². The molecule has 0 aliphatic heterocycles. The second-order valence-electron chi connectivity index (χ2n) is 7.24. The monoisotopic (exact) mass is 318 g/mol. The lowest BCUT2D eigenvalue weighted by Crippen LogP contribution is -2.20. The fraction of sp³-hybridized carbons (Fsp3) is 0.238. The number of hydrogen-bond acceptors (Lipinski definition) is 3. The third-order valence-corrected chi connectivity index (χ3v) is 4.13. The van der Waals surface area contributed by atoms with Gasteiger partial charge in [-0.25, -0.2) is 4.98 Å². The van der Waals surface area contributed by atoms with Crippen LogP contribution in [0.25, 0.3) is 22.0 Å². The molecule has 0 amide bonds. The van der Waals surface area contributed by atoms with Crippen molar-refractivity contribution in [1.29, 1.82) is 0 Å². The van der Waals surface area contributed by atoms with Gasteiger partial charge in [0.05, 0.1) is 5.52 Å². The zero-order valence-corrected chi connectivity index (χ0v) is 14.6. The van der Waals surface area contributed by atoms with Gasteiger partial charge in [-0.15, -0.1) is 0 Å². The minimum atomic E-state index is -0.468. The average Bonchev–Trinajstić information content (AvgIpc) is 2.52. The molecule has 1 heterocycles. The molecule has 1 aromatic heterocycles. The van der Waals surface area contributed by atoms with Crippen molar-refractivity contribution in [2.75, 3.05) is 5.73 Å². The minimum Gasteiger partial charge on any atom is -0.384 e. The highest BCUT2D eigenvalue weighted by Crippen LogP contribution is 2.33. The fourth-order valence-corrected chi connectivity index (χ4v) is 2.88. The Hall–Kier alpha value is -2.68. The minimum absolute atomic E-state index is 0.0707. The van der Waals surface area contributed by atoms with E-state index in [0.29, 0.717) is 16.9 Å². The maximum Gasteiger partial charge on any atom is 0.170 e. The van der Waals surface area contributed by atoms with Gasteiger partial charge in [-0.05, 0) is 36.2 Å². The summed E-state index contributed by atoms with van der Waals surface area (Å²) in [6.45, 7) is 7.82. The molecule has 0 spiro atoms. The normalized spacial score (nSPS) is 11.7. The largest absolute Gasteiger partial charge is 0.384 e. The quantitative estimate of drug-likeness (QED) is 0.675. The van der Waals surface area contributed by atoms with E-state index in [-0.39, 0.29) is 5.78 Å². The van der Waals surface area contributed by atoms with Gasteiger partial charge >= 0.3 is 0 Å². The number of carbonyl (C=O) groups is 1. The summed E-state index contributed by atoms with van der Waals surface area (Å²) < 4.78 is 0. The van der Waals surface area contributed by atoms with Crippen LogP contribution in [0.2, 0.25) is 0 Å². The molecule has 2 aromatic carbocycles. The summed E-state index contributed by atoms with van der Waals surface area (Å²) in [7, 11) is 0. The molecule has 0 saturated carbocycles. The van der Waals surface area contributed by atoms with Crippen molar-refractivity contribution in [1.82, 2.24) is 4.98 Å². The molecule has 0 radical (unpaired) electrons. The Labute approximate surface area is 142 Å². The highest BCUT2D eigenvalue weighted by atomic mass is 16.1. The van der Waals surface area contributed by atoms with E-state index in [9.17, 15) is 4.79 Å². The van der Waals surface area contributed by atoms with Crippen molar-refractivity contribution >= 4 is 22.5 Å². The Balaban J connectivity index is 2.31. The van der Waals surface area contributed by atoms with Crippen LogP contribution in [0.5, 0.6) is 0 Å². The molecule has 3 heteroatoms. The van der Waals surface area contributed by atoms with Crippen molar-refractivity contribution in [3.8, 4) is 11.1 Å². The Morgan fingerprint density at radius 2 is 1.79 bits per heavy atom. The van der Waals surface area contributed by atoms with Crippen LogP contribution in [-0.2, 0) is 0 Å². The Bertz CT molecular complexity index is 936. The van der Waals surface area contributed by atoms with Gasteiger partial charge in [0, 0.05) is 16.4 Å². The summed E-state index contributed by atoms with van der Waals surface area (Å²) in [6.07, 6.45) is 0. The summed E-state index contributed by atoms with van der Waals surface area (Å²) in [6, 6.07) is 15.9. The standard InChI is InChI=1S/C21H22N2O/c1-13-6-5-7-14(12-13)15-8-9-17(20(24)21(2,3)4)19-16(15)10-11-18(22)23-19/h5-12H,1-4H3,(H2,22,23). The lowest BCUT2D eigenvalue weighted by atomic mass is 9.84. The first kappa shape index (κ1) is 16.2. The molecular weight excluding hydrogens is 296 g/mol. The van der Waals surface area contributed by atoms with Crippen LogP contribution in [0, 0.1) is 12.3 Å². The molecule has 122 valence electrons. The fourth-order valence-electron chi connectivity index (χ4n) is 2.88. The molecule has 0 unspecified atom stereocenters. The van der Waals surface area contributed by atoms with Crippen LogP contribution in [0.3, 0.4) is 0 Å². The van der Waals surface area contributed by atoms with Gasteiger partial charge < -0.3 is 5.73 Å². The van der Waals surface area contributed by atoms with E-state index in [1.807, 2.05) is 45.0 Å². The number of nitrogen functional groups attached to an aromatic ring is 1. The number of fused-ring (bicyclic) bond motifs is 1. The number of benzene rings is 2. The lowest BCUT2D eigenvalue weighted by Gasteiger charge is -2.19. The van der Waals surface area contributed by atoms with Gasteiger partial charge in [-0.3, -0.25) is 4.79 Å². The van der Waals surface area contributed by atoms with E-state index < -0.39 is 5.41 Å². The number of pyridine rings is 1. The second kappa shape index (κ2) is 5.75. The van der Waals surface area contributed by atoms with Crippen molar-refractivity contribution in [2.45, 2.75) is 27.7 Å². The molecule has 3 nitrogen and oxygen atoms in total. The third-order valence-electron chi connectivity index (χ3n) is 4.13. The number of carbonyl (C=O) groups excluding carboxylic acids is 1.